The van der Waals surface area contributed by atoms with Crippen LogP contribution in [0.1, 0.15) is 12.5 Å². The second-order valence-corrected chi connectivity index (χ2v) is 7.59. The van der Waals surface area contributed by atoms with Crippen LogP contribution in [0.2, 0.25) is 0 Å². The smallest absolute Gasteiger partial charge is 0.235 e. The minimum absolute atomic E-state index is 0.000653. The minimum atomic E-state index is -0.351. The standard InChI is InChI=1S/C20H21FN4OS/c1-14(19(26)24(2)13-15-9-5-4-6-10-15)27-20-23-22-18(25(20)3)16-11-7-8-12-17(16)21/h4-12,14H,13H2,1-3H3/t14-/m1/s1. The van der Waals surface area contributed by atoms with Crippen LogP contribution < -0.4 is 0 Å². The molecule has 0 aliphatic carbocycles. The van der Waals surface area contributed by atoms with Crippen molar-refractivity contribution in [3.8, 4) is 11.4 Å². The summed E-state index contributed by atoms with van der Waals surface area (Å²) in [5, 5.41) is 8.47. The van der Waals surface area contributed by atoms with Gasteiger partial charge in [0.2, 0.25) is 5.91 Å². The maximum Gasteiger partial charge on any atom is 0.235 e. The molecule has 27 heavy (non-hydrogen) atoms. The van der Waals surface area contributed by atoms with Crippen molar-refractivity contribution in [1.82, 2.24) is 19.7 Å². The fraction of sp³-hybridized carbons (Fsp3) is 0.250. The van der Waals surface area contributed by atoms with Crippen molar-refractivity contribution in [1.29, 1.82) is 0 Å². The molecule has 0 radical (unpaired) electrons. The summed E-state index contributed by atoms with van der Waals surface area (Å²) in [6, 6.07) is 16.3. The highest BCUT2D eigenvalue weighted by molar-refractivity contribution is 8.00. The maximum atomic E-state index is 14.0. The summed E-state index contributed by atoms with van der Waals surface area (Å²) in [6.45, 7) is 2.38. The molecule has 140 valence electrons. The van der Waals surface area contributed by atoms with Crippen molar-refractivity contribution in [3.05, 3.63) is 66.0 Å². The molecule has 0 spiro atoms. The maximum absolute atomic E-state index is 14.0. The normalized spacial score (nSPS) is 12.0. The molecule has 1 atom stereocenters. The van der Waals surface area contributed by atoms with E-state index in [1.807, 2.05) is 37.3 Å². The lowest BCUT2D eigenvalue weighted by atomic mass is 10.2. The van der Waals surface area contributed by atoms with E-state index in [-0.39, 0.29) is 17.0 Å². The Kier molecular flexibility index (Phi) is 5.91. The Morgan fingerprint density at radius 3 is 2.52 bits per heavy atom. The lowest BCUT2D eigenvalue weighted by molar-refractivity contribution is -0.129. The van der Waals surface area contributed by atoms with Gasteiger partial charge in [0.1, 0.15) is 5.82 Å². The van der Waals surface area contributed by atoms with Crippen molar-refractivity contribution in [3.63, 3.8) is 0 Å². The van der Waals surface area contributed by atoms with Crippen LogP contribution in [0, 0.1) is 5.82 Å². The number of aromatic nitrogens is 3. The van der Waals surface area contributed by atoms with E-state index in [2.05, 4.69) is 10.2 Å². The number of carbonyl (C=O) groups excluding carboxylic acids is 1. The molecule has 0 aliphatic rings. The molecule has 5 nitrogen and oxygen atoms in total. The van der Waals surface area contributed by atoms with Crippen LogP contribution in [0.3, 0.4) is 0 Å². The van der Waals surface area contributed by atoms with Gasteiger partial charge in [-0.1, -0.05) is 54.2 Å². The summed E-state index contributed by atoms with van der Waals surface area (Å²) in [4.78, 5) is 14.4. The number of hydrogen-bond acceptors (Lipinski definition) is 4. The van der Waals surface area contributed by atoms with Crippen LogP contribution in [-0.2, 0) is 18.4 Å². The number of benzene rings is 2. The quantitative estimate of drug-likeness (QED) is 0.607. The Balaban J connectivity index is 1.70. The number of halogens is 1. The van der Waals surface area contributed by atoms with E-state index in [4.69, 9.17) is 0 Å². The molecule has 0 bridgehead atoms. The van der Waals surface area contributed by atoms with E-state index in [1.54, 1.807) is 41.8 Å². The van der Waals surface area contributed by atoms with Gasteiger partial charge >= 0.3 is 0 Å². The SMILES string of the molecule is C[C@@H](Sc1nnc(-c2ccccc2F)n1C)C(=O)N(C)Cc1ccccc1. The number of thioether (sulfide) groups is 1. The van der Waals surface area contributed by atoms with Crippen molar-refractivity contribution in [2.24, 2.45) is 7.05 Å². The van der Waals surface area contributed by atoms with Gasteiger partial charge in [0.05, 0.1) is 10.8 Å². The summed E-state index contributed by atoms with van der Waals surface area (Å²) in [5.74, 6) is 0.0865. The van der Waals surface area contributed by atoms with Gasteiger partial charge in [-0.3, -0.25) is 4.79 Å². The summed E-state index contributed by atoms with van der Waals surface area (Å²) in [7, 11) is 3.56. The molecule has 3 rings (SSSR count). The summed E-state index contributed by atoms with van der Waals surface area (Å²) in [6.07, 6.45) is 0. The van der Waals surface area contributed by atoms with Gasteiger partial charge in [-0.05, 0) is 24.6 Å². The first-order valence-corrected chi connectivity index (χ1v) is 9.45. The zero-order chi connectivity index (χ0) is 19.4. The van der Waals surface area contributed by atoms with Crippen molar-refractivity contribution < 1.29 is 9.18 Å². The fourth-order valence-corrected chi connectivity index (χ4v) is 3.68. The topological polar surface area (TPSA) is 51.0 Å². The predicted octanol–water partition coefficient (Wildman–Crippen LogP) is 3.76. The zero-order valence-corrected chi connectivity index (χ0v) is 16.3. The van der Waals surface area contributed by atoms with Gasteiger partial charge in [-0.25, -0.2) is 4.39 Å². The lowest BCUT2D eigenvalue weighted by Crippen LogP contribution is -2.32. The van der Waals surface area contributed by atoms with Gasteiger partial charge in [0.25, 0.3) is 0 Å². The Morgan fingerprint density at radius 1 is 1.15 bits per heavy atom. The fourth-order valence-electron chi connectivity index (χ4n) is 2.75. The number of carbonyl (C=O) groups is 1. The molecule has 1 aromatic heterocycles. The van der Waals surface area contributed by atoms with E-state index in [1.165, 1.54) is 17.8 Å². The van der Waals surface area contributed by atoms with Crippen LogP contribution in [0.25, 0.3) is 11.4 Å². The Morgan fingerprint density at radius 2 is 1.81 bits per heavy atom. The Labute approximate surface area is 162 Å². The van der Waals surface area contributed by atoms with Crippen molar-refractivity contribution in [2.45, 2.75) is 23.9 Å². The molecular formula is C20H21FN4OS. The highest BCUT2D eigenvalue weighted by Crippen LogP contribution is 2.27. The molecule has 0 saturated carbocycles. The van der Waals surface area contributed by atoms with Crippen molar-refractivity contribution >= 4 is 17.7 Å². The first-order chi connectivity index (χ1) is 13.0. The van der Waals surface area contributed by atoms with Gasteiger partial charge < -0.3 is 9.47 Å². The lowest BCUT2D eigenvalue weighted by Gasteiger charge is -2.21. The van der Waals surface area contributed by atoms with E-state index in [9.17, 15) is 9.18 Å². The second kappa shape index (κ2) is 8.35. The molecule has 0 aliphatic heterocycles. The van der Waals surface area contributed by atoms with Gasteiger partial charge in [-0.2, -0.15) is 0 Å². The number of rotatable bonds is 6. The molecule has 1 heterocycles. The zero-order valence-electron chi connectivity index (χ0n) is 15.5. The largest absolute Gasteiger partial charge is 0.340 e. The summed E-state index contributed by atoms with van der Waals surface area (Å²) < 4.78 is 15.7. The molecule has 7 heteroatoms. The van der Waals surface area contributed by atoms with Gasteiger partial charge in [0.15, 0.2) is 11.0 Å². The van der Waals surface area contributed by atoms with Gasteiger partial charge in [0, 0.05) is 20.6 Å². The molecule has 2 aromatic carbocycles. The summed E-state index contributed by atoms with van der Waals surface area (Å²) >= 11 is 1.31. The molecule has 3 aromatic rings. The molecular weight excluding hydrogens is 363 g/mol. The highest BCUT2D eigenvalue weighted by Gasteiger charge is 2.22. The van der Waals surface area contributed by atoms with Crippen LogP contribution in [0.5, 0.6) is 0 Å². The third kappa shape index (κ3) is 4.36. The first kappa shape index (κ1) is 19.1. The average Bonchev–Trinajstić information content (AvgIpc) is 3.02. The van der Waals surface area contributed by atoms with Crippen LogP contribution in [-0.4, -0.2) is 37.9 Å². The molecule has 0 saturated heterocycles. The second-order valence-electron chi connectivity index (χ2n) is 6.29. The Bertz CT molecular complexity index is 929. The van der Waals surface area contributed by atoms with E-state index in [0.29, 0.717) is 23.1 Å². The predicted molar refractivity (Wildman–Crippen MR) is 105 cm³/mol. The summed E-state index contributed by atoms with van der Waals surface area (Å²) in [5.41, 5.74) is 1.46. The van der Waals surface area contributed by atoms with Crippen LogP contribution in [0.15, 0.2) is 59.8 Å². The average molecular weight is 384 g/mol. The first-order valence-electron chi connectivity index (χ1n) is 8.57. The molecule has 1 amide bonds. The molecule has 0 fully saturated rings. The third-order valence-corrected chi connectivity index (χ3v) is 5.34. The highest BCUT2D eigenvalue weighted by atomic mass is 32.2. The monoisotopic (exact) mass is 384 g/mol. The minimum Gasteiger partial charge on any atom is -0.340 e. The van der Waals surface area contributed by atoms with E-state index in [0.717, 1.165) is 5.56 Å². The van der Waals surface area contributed by atoms with Crippen molar-refractivity contribution in [2.75, 3.05) is 7.05 Å². The van der Waals surface area contributed by atoms with Crippen LogP contribution >= 0.6 is 11.8 Å². The third-order valence-electron chi connectivity index (χ3n) is 4.22. The van der Waals surface area contributed by atoms with E-state index < -0.39 is 0 Å². The number of hydrogen-bond donors (Lipinski definition) is 0. The van der Waals surface area contributed by atoms with E-state index >= 15 is 0 Å². The number of amides is 1. The Hall–Kier alpha value is -2.67. The van der Waals surface area contributed by atoms with Crippen LogP contribution in [0.4, 0.5) is 4.39 Å². The van der Waals surface area contributed by atoms with Gasteiger partial charge in [-0.15, -0.1) is 10.2 Å². The molecule has 0 N–H and O–H groups in total. The molecule has 0 unspecified atom stereocenters. The number of nitrogens with zero attached hydrogens (tertiary/aromatic N) is 4.